The predicted molar refractivity (Wildman–Crippen MR) is 144 cm³/mol. The summed E-state index contributed by atoms with van der Waals surface area (Å²) < 4.78 is 14.8. The van der Waals surface area contributed by atoms with Crippen LogP contribution in [0.25, 0.3) is 0 Å². The fourth-order valence-corrected chi connectivity index (χ4v) is 6.35. The van der Waals surface area contributed by atoms with Gasteiger partial charge in [0.1, 0.15) is 0 Å². The molecule has 1 atom stereocenters. The molecule has 1 fully saturated rings. The molecule has 2 aromatic heterocycles. The smallest absolute Gasteiger partial charge is 0.254 e. The van der Waals surface area contributed by atoms with E-state index in [0.717, 1.165) is 36.3 Å². The SMILES string of the molecule is CSc1cc(C)[nH]c(=O)c1CNC(=O)c1cc(Cl)c2c(c1C)OC(C)(C1CCC(n3cccn3)CC1)O2. The van der Waals surface area contributed by atoms with Crippen molar-refractivity contribution in [3.05, 3.63) is 68.4 Å². The molecule has 37 heavy (non-hydrogen) atoms. The molecule has 1 amide bonds. The zero-order valence-electron chi connectivity index (χ0n) is 21.4. The maximum absolute atomic E-state index is 13.2. The Labute approximate surface area is 225 Å². The number of hydrogen-bond acceptors (Lipinski definition) is 6. The molecule has 0 radical (unpaired) electrons. The van der Waals surface area contributed by atoms with Crippen molar-refractivity contribution in [1.29, 1.82) is 0 Å². The number of nitrogens with zero attached hydrogens (tertiary/aromatic N) is 2. The largest absolute Gasteiger partial charge is 0.448 e. The van der Waals surface area contributed by atoms with Crippen molar-refractivity contribution in [2.75, 3.05) is 6.26 Å². The maximum atomic E-state index is 13.2. The number of aryl methyl sites for hydroxylation is 1. The third kappa shape index (κ3) is 4.86. The molecule has 1 aromatic carbocycles. The van der Waals surface area contributed by atoms with E-state index in [4.69, 9.17) is 21.1 Å². The zero-order chi connectivity index (χ0) is 26.3. The van der Waals surface area contributed by atoms with Crippen LogP contribution in [0.4, 0.5) is 0 Å². The number of aromatic amines is 1. The highest BCUT2D eigenvalue weighted by Crippen LogP contribution is 2.52. The number of ether oxygens (including phenoxy) is 2. The molecule has 0 spiro atoms. The lowest BCUT2D eigenvalue weighted by Crippen LogP contribution is -2.45. The van der Waals surface area contributed by atoms with Crippen molar-refractivity contribution in [1.82, 2.24) is 20.1 Å². The number of nitrogens with one attached hydrogen (secondary N) is 2. The Balaban J connectivity index is 1.31. The monoisotopic (exact) mass is 542 g/mol. The van der Waals surface area contributed by atoms with E-state index in [9.17, 15) is 9.59 Å². The van der Waals surface area contributed by atoms with Crippen molar-refractivity contribution in [3.63, 3.8) is 0 Å². The summed E-state index contributed by atoms with van der Waals surface area (Å²) in [6, 6.07) is 5.85. The van der Waals surface area contributed by atoms with Gasteiger partial charge in [0.15, 0.2) is 11.5 Å². The van der Waals surface area contributed by atoms with E-state index in [0.29, 0.717) is 39.3 Å². The summed E-state index contributed by atoms with van der Waals surface area (Å²) in [5, 5.41) is 7.60. The van der Waals surface area contributed by atoms with Gasteiger partial charge in [-0.25, -0.2) is 0 Å². The van der Waals surface area contributed by atoms with Gasteiger partial charge in [0.05, 0.1) is 11.1 Å². The van der Waals surface area contributed by atoms with Crippen LogP contribution in [0.5, 0.6) is 11.5 Å². The average molecular weight is 543 g/mol. The van der Waals surface area contributed by atoms with Gasteiger partial charge in [0, 0.05) is 59.1 Å². The first-order valence-corrected chi connectivity index (χ1v) is 14.1. The van der Waals surface area contributed by atoms with E-state index in [-0.39, 0.29) is 23.9 Å². The van der Waals surface area contributed by atoms with E-state index in [1.165, 1.54) is 11.8 Å². The van der Waals surface area contributed by atoms with Crippen LogP contribution in [-0.2, 0) is 6.54 Å². The Bertz CT molecular complexity index is 1380. The average Bonchev–Trinajstić information content (AvgIpc) is 3.54. The Morgan fingerprint density at radius 1 is 1.24 bits per heavy atom. The number of amides is 1. The summed E-state index contributed by atoms with van der Waals surface area (Å²) in [6.45, 7) is 5.72. The van der Waals surface area contributed by atoms with E-state index in [2.05, 4.69) is 15.4 Å². The quantitative estimate of drug-likeness (QED) is 0.404. The molecule has 196 valence electrons. The highest BCUT2D eigenvalue weighted by atomic mass is 35.5. The molecular weight excluding hydrogens is 512 g/mol. The first-order valence-electron chi connectivity index (χ1n) is 12.5. The molecule has 2 N–H and O–H groups in total. The number of thioether (sulfide) groups is 1. The van der Waals surface area contributed by atoms with Gasteiger partial charge in [-0.1, -0.05) is 11.6 Å². The Morgan fingerprint density at radius 3 is 2.65 bits per heavy atom. The highest BCUT2D eigenvalue weighted by molar-refractivity contribution is 7.98. The number of rotatable bonds is 6. The number of fused-ring (bicyclic) bond motifs is 1. The van der Waals surface area contributed by atoms with Gasteiger partial charge in [0.25, 0.3) is 17.3 Å². The van der Waals surface area contributed by atoms with Crippen molar-refractivity contribution < 1.29 is 14.3 Å². The van der Waals surface area contributed by atoms with E-state index < -0.39 is 5.79 Å². The molecular formula is C27H31ClN4O4S. The van der Waals surface area contributed by atoms with Crippen LogP contribution < -0.4 is 20.3 Å². The molecule has 1 aliphatic carbocycles. The normalized spacial score (nSPS) is 22.7. The van der Waals surface area contributed by atoms with Gasteiger partial charge < -0.3 is 19.8 Å². The summed E-state index contributed by atoms with van der Waals surface area (Å²) in [5.74, 6) is -0.0214. The highest BCUT2D eigenvalue weighted by Gasteiger charge is 2.47. The van der Waals surface area contributed by atoms with Gasteiger partial charge >= 0.3 is 0 Å². The van der Waals surface area contributed by atoms with Crippen molar-refractivity contribution in [2.45, 2.75) is 69.7 Å². The first-order chi connectivity index (χ1) is 17.7. The minimum atomic E-state index is -0.858. The molecule has 5 rings (SSSR count). The van der Waals surface area contributed by atoms with Crippen molar-refractivity contribution in [2.24, 2.45) is 5.92 Å². The van der Waals surface area contributed by atoms with Gasteiger partial charge in [-0.3, -0.25) is 14.3 Å². The number of carbonyl (C=O) groups is 1. The predicted octanol–water partition coefficient (Wildman–Crippen LogP) is 5.41. The summed E-state index contributed by atoms with van der Waals surface area (Å²) in [4.78, 5) is 29.3. The molecule has 0 bridgehead atoms. The summed E-state index contributed by atoms with van der Waals surface area (Å²) >= 11 is 8.07. The second-order valence-corrected chi connectivity index (χ2v) is 11.2. The van der Waals surface area contributed by atoms with Crippen LogP contribution in [0.3, 0.4) is 0 Å². The Hall–Kier alpha value is -2.91. The van der Waals surface area contributed by atoms with Crippen LogP contribution in [0.1, 0.15) is 65.8 Å². The second-order valence-electron chi connectivity index (χ2n) is 9.91. The van der Waals surface area contributed by atoms with Crippen LogP contribution in [0, 0.1) is 19.8 Å². The third-order valence-electron chi connectivity index (χ3n) is 7.51. The van der Waals surface area contributed by atoms with Crippen LogP contribution >= 0.6 is 23.4 Å². The van der Waals surface area contributed by atoms with Crippen LogP contribution in [0.15, 0.2) is 40.3 Å². The fourth-order valence-electron chi connectivity index (χ4n) is 5.41. The van der Waals surface area contributed by atoms with Crippen molar-refractivity contribution >= 4 is 29.3 Å². The Morgan fingerprint density at radius 2 is 1.97 bits per heavy atom. The van der Waals surface area contributed by atoms with Crippen LogP contribution in [0.2, 0.25) is 5.02 Å². The maximum Gasteiger partial charge on any atom is 0.254 e. The lowest BCUT2D eigenvalue weighted by atomic mass is 9.81. The number of carbonyl (C=O) groups excluding carboxylic acids is 1. The lowest BCUT2D eigenvalue weighted by Gasteiger charge is -2.37. The minimum absolute atomic E-state index is 0.104. The summed E-state index contributed by atoms with van der Waals surface area (Å²) in [6.07, 6.45) is 9.57. The molecule has 0 saturated heterocycles. The van der Waals surface area contributed by atoms with Crippen molar-refractivity contribution in [3.8, 4) is 11.5 Å². The second kappa shape index (κ2) is 10.1. The van der Waals surface area contributed by atoms with E-state index in [1.807, 2.05) is 56.2 Å². The standard InChI is InChI=1S/C27H31ClN4O4S/c1-15-12-22(37-4)20(26(34)31-15)14-29-25(33)19-13-21(28)24-23(16(19)2)35-27(3,36-24)17-6-8-18(9-7-17)32-11-5-10-30-32/h5,10-13,17-18H,6-9,14H2,1-4H3,(H,29,33)(H,31,34). The van der Waals surface area contributed by atoms with Crippen LogP contribution in [-0.4, -0.2) is 32.7 Å². The number of halogens is 1. The number of benzene rings is 1. The molecule has 3 aromatic rings. The topological polar surface area (TPSA) is 98.2 Å². The third-order valence-corrected chi connectivity index (χ3v) is 8.59. The number of pyridine rings is 1. The van der Waals surface area contributed by atoms with Gasteiger partial charge in [0.2, 0.25) is 0 Å². The summed E-state index contributed by atoms with van der Waals surface area (Å²) in [7, 11) is 0. The molecule has 1 aliphatic heterocycles. The number of H-pyrrole nitrogens is 1. The van der Waals surface area contributed by atoms with Gasteiger partial charge in [-0.2, -0.15) is 5.10 Å². The lowest BCUT2D eigenvalue weighted by molar-refractivity contribution is -0.122. The van der Waals surface area contributed by atoms with Gasteiger partial charge in [-0.05, 0) is 64.0 Å². The molecule has 10 heteroatoms. The number of aromatic nitrogens is 3. The fraction of sp³-hybridized carbons (Fsp3) is 0.444. The Kier molecular flexibility index (Phi) is 7.02. The molecule has 3 heterocycles. The summed E-state index contributed by atoms with van der Waals surface area (Å²) in [5.41, 5.74) is 2.15. The molecule has 2 aliphatic rings. The minimum Gasteiger partial charge on any atom is -0.448 e. The molecule has 1 saturated carbocycles. The first kappa shape index (κ1) is 25.7. The van der Waals surface area contributed by atoms with Gasteiger partial charge in [-0.15, -0.1) is 11.8 Å². The molecule has 1 unspecified atom stereocenters. The van der Waals surface area contributed by atoms with E-state index in [1.54, 1.807) is 6.07 Å². The molecule has 8 nitrogen and oxygen atoms in total. The number of hydrogen-bond donors (Lipinski definition) is 2. The zero-order valence-corrected chi connectivity index (χ0v) is 23.0. The van der Waals surface area contributed by atoms with E-state index >= 15 is 0 Å².